The van der Waals surface area contributed by atoms with E-state index >= 15 is 0 Å². The first-order chi connectivity index (χ1) is 22.3. The van der Waals surface area contributed by atoms with Crippen molar-refractivity contribution >= 4 is 55.6 Å². The monoisotopic (exact) mass is 677 g/mol. The summed E-state index contributed by atoms with van der Waals surface area (Å²) < 4.78 is 2.49. The molecule has 0 fully saturated rings. The molecule has 0 aliphatic carbocycles. The van der Waals surface area contributed by atoms with Crippen LogP contribution < -0.4 is 9.80 Å². The Kier molecular flexibility index (Phi) is 7.80. The van der Waals surface area contributed by atoms with Crippen molar-refractivity contribution in [3.63, 3.8) is 0 Å². The second-order valence-electron chi connectivity index (χ2n) is 11.8. The van der Waals surface area contributed by atoms with Gasteiger partial charge < -0.3 is 15.1 Å². The van der Waals surface area contributed by atoms with E-state index in [-0.39, 0.29) is 25.0 Å². The summed E-state index contributed by atoms with van der Waals surface area (Å²) in [5.41, 5.74) is 3.37. The summed E-state index contributed by atoms with van der Waals surface area (Å²) >= 11 is 3.52. The minimum atomic E-state index is -1.75. The Morgan fingerprint density at radius 2 is 1.78 bits per heavy atom. The van der Waals surface area contributed by atoms with Crippen molar-refractivity contribution < 1.29 is 19.8 Å². The molecular weight excluding hydrogens is 646 g/mol. The lowest BCUT2D eigenvalue weighted by Crippen LogP contribution is -2.44. The van der Waals surface area contributed by atoms with Crippen molar-refractivity contribution in [3.8, 4) is 0 Å². The first-order valence-electron chi connectivity index (χ1n) is 15.3. The summed E-state index contributed by atoms with van der Waals surface area (Å²) in [7, 11) is 0. The Labute approximate surface area is 274 Å². The van der Waals surface area contributed by atoms with Crippen LogP contribution in [0.5, 0.6) is 0 Å². The molecule has 7 rings (SSSR count). The van der Waals surface area contributed by atoms with Crippen LogP contribution in [0.25, 0.3) is 10.8 Å². The topological polar surface area (TPSA) is 112 Å². The van der Waals surface area contributed by atoms with Gasteiger partial charge in [0.2, 0.25) is 0 Å². The number of rotatable bonds is 10. The van der Waals surface area contributed by atoms with E-state index in [0.29, 0.717) is 36.2 Å². The normalized spacial score (nSPS) is 17.9. The van der Waals surface area contributed by atoms with Gasteiger partial charge in [-0.1, -0.05) is 76.6 Å². The summed E-state index contributed by atoms with van der Waals surface area (Å²) in [6.07, 6.45) is 6.72. The predicted octanol–water partition coefficient (Wildman–Crippen LogP) is 6.04. The van der Waals surface area contributed by atoms with Gasteiger partial charge >= 0.3 is 0 Å². The zero-order chi connectivity index (χ0) is 32.0. The molecule has 1 aromatic heterocycles. The zero-order valence-corrected chi connectivity index (χ0v) is 26.8. The minimum Gasteiger partial charge on any atom is -0.396 e. The van der Waals surface area contributed by atoms with E-state index in [0.717, 1.165) is 37.9 Å². The highest BCUT2D eigenvalue weighted by Crippen LogP contribution is 2.47. The highest BCUT2D eigenvalue weighted by atomic mass is 79.9. The van der Waals surface area contributed by atoms with Gasteiger partial charge in [0, 0.05) is 52.8 Å². The molecule has 3 heterocycles. The van der Waals surface area contributed by atoms with Crippen molar-refractivity contribution in [2.75, 3.05) is 16.4 Å². The van der Waals surface area contributed by atoms with Gasteiger partial charge in [-0.05, 0) is 59.8 Å². The van der Waals surface area contributed by atoms with Crippen LogP contribution in [0.3, 0.4) is 0 Å². The van der Waals surface area contributed by atoms with E-state index in [9.17, 15) is 14.7 Å². The molecule has 2 N–H and O–H groups in total. The van der Waals surface area contributed by atoms with E-state index in [4.69, 9.17) is 5.11 Å². The molecule has 0 saturated carbocycles. The number of hydrogen-bond donors (Lipinski definition) is 2. The molecule has 2 amide bonds. The fourth-order valence-corrected chi connectivity index (χ4v) is 6.87. The number of carbonyl (C=O) groups is 2. The molecule has 46 heavy (non-hydrogen) atoms. The number of allylic oxidation sites excluding steroid dienone is 1. The maximum atomic E-state index is 14.0. The van der Waals surface area contributed by atoms with Crippen molar-refractivity contribution in [2.24, 2.45) is 5.92 Å². The largest absolute Gasteiger partial charge is 0.396 e. The molecule has 10 heteroatoms. The summed E-state index contributed by atoms with van der Waals surface area (Å²) in [4.78, 5) is 30.8. The summed E-state index contributed by atoms with van der Waals surface area (Å²) in [5, 5.41) is 31.2. The lowest BCUT2D eigenvalue weighted by atomic mass is 9.83. The Morgan fingerprint density at radius 3 is 2.57 bits per heavy atom. The molecule has 0 spiro atoms. The molecule has 2 aliphatic heterocycles. The van der Waals surface area contributed by atoms with Crippen molar-refractivity contribution in [3.05, 3.63) is 124 Å². The Morgan fingerprint density at radius 1 is 1.00 bits per heavy atom. The van der Waals surface area contributed by atoms with Crippen LogP contribution in [0.15, 0.2) is 102 Å². The minimum absolute atomic E-state index is 0.0225. The summed E-state index contributed by atoms with van der Waals surface area (Å²) in [5.74, 6) is -0.955. The lowest BCUT2D eigenvalue weighted by Gasteiger charge is -2.28. The number of fused-ring (bicyclic) bond motifs is 1. The lowest BCUT2D eigenvalue weighted by molar-refractivity contribution is -0.139. The van der Waals surface area contributed by atoms with E-state index in [1.165, 1.54) is 0 Å². The van der Waals surface area contributed by atoms with Crippen LogP contribution in [0.2, 0.25) is 0 Å². The smallest absolute Gasteiger partial charge is 0.264 e. The molecule has 0 saturated heterocycles. The molecule has 2 aliphatic rings. The molecule has 0 bridgehead atoms. The molecule has 0 radical (unpaired) electrons. The fraction of sp³-hybridized carbons (Fsp3) is 0.222. The van der Waals surface area contributed by atoms with Gasteiger partial charge in [0.1, 0.15) is 0 Å². The van der Waals surface area contributed by atoms with Crippen LogP contribution in [0, 0.1) is 5.92 Å². The third-order valence-electron chi connectivity index (χ3n) is 8.89. The number of hydrogen-bond acceptors (Lipinski definition) is 6. The number of aliphatic hydroxyl groups excluding tert-OH is 1. The second kappa shape index (κ2) is 11.9. The van der Waals surface area contributed by atoms with Gasteiger partial charge in [0.25, 0.3) is 11.8 Å². The van der Waals surface area contributed by atoms with Gasteiger partial charge in [0.05, 0.1) is 29.2 Å². The molecular formula is C36H32BrN5O4. The highest BCUT2D eigenvalue weighted by molar-refractivity contribution is 9.10. The van der Waals surface area contributed by atoms with Gasteiger partial charge in [-0.3, -0.25) is 19.2 Å². The van der Waals surface area contributed by atoms with Crippen LogP contribution in [0.4, 0.5) is 17.1 Å². The maximum Gasteiger partial charge on any atom is 0.264 e. The molecule has 0 unspecified atom stereocenters. The van der Waals surface area contributed by atoms with E-state index < -0.39 is 11.5 Å². The Bertz CT molecular complexity index is 2000. The van der Waals surface area contributed by atoms with Crippen LogP contribution in [0.1, 0.15) is 40.5 Å². The van der Waals surface area contributed by atoms with Crippen LogP contribution in [-0.4, -0.2) is 43.6 Å². The second-order valence-corrected chi connectivity index (χ2v) is 12.7. The third kappa shape index (κ3) is 5.02. The van der Waals surface area contributed by atoms with Crippen molar-refractivity contribution in [1.82, 2.24) is 15.0 Å². The number of nitrogens with zero attached hydrogens (tertiary/aromatic N) is 5. The molecule has 2 atom stereocenters. The number of carbonyl (C=O) groups excluding carboxylic acids is 2. The average molecular weight is 679 g/mol. The number of aliphatic hydroxyl groups is 2. The molecule has 232 valence electrons. The maximum absolute atomic E-state index is 14.0. The third-order valence-corrected chi connectivity index (χ3v) is 9.38. The highest BCUT2D eigenvalue weighted by Gasteiger charge is 2.52. The molecule has 9 nitrogen and oxygen atoms in total. The molecule has 5 aromatic rings. The van der Waals surface area contributed by atoms with Gasteiger partial charge in [-0.25, -0.2) is 0 Å². The van der Waals surface area contributed by atoms with Crippen molar-refractivity contribution in [2.45, 2.75) is 38.5 Å². The van der Waals surface area contributed by atoms with E-state index in [2.05, 4.69) is 26.2 Å². The van der Waals surface area contributed by atoms with Crippen LogP contribution >= 0.6 is 15.9 Å². The number of amides is 2. The summed E-state index contributed by atoms with van der Waals surface area (Å²) in [6.45, 7) is 2.72. The standard InChI is InChI=1S/C36H32BrN5O4/c1-23(6-2-3-18-40-22-27(17-19-43)38-39-40)36(46)30-20-26(37)13-16-31(30)41(35(36)45)21-24-11-14-28(15-12-24)42-32-10-5-8-25-7-4-9-29(33(25)32)34(42)44/h2,4-16,20,22-23,43,46H,3,17-19,21H2,1H3/b6-2+/t23-,36+/m0/s1. The predicted molar refractivity (Wildman–Crippen MR) is 180 cm³/mol. The number of anilines is 3. The number of aryl methyl sites for hydroxylation is 1. The van der Waals surface area contributed by atoms with Crippen molar-refractivity contribution in [1.29, 1.82) is 0 Å². The average Bonchev–Trinajstić information content (AvgIpc) is 3.69. The number of aromatic nitrogens is 3. The Balaban J connectivity index is 1.10. The fourth-order valence-electron chi connectivity index (χ4n) is 6.50. The zero-order valence-electron chi connectivity index (χ0n) is 25.2. The quantitative estimate of drug-likeness (QED) is 0.175. The number of benzene rings is 4. The first kappa shape index (κ1) is 30.0. The van der Waals surface area contributed by atoms with Gasteiger partial charge in [0.15, 0.2) is 5.60 Å². The van der Waals surface area contributed by atoms with E-state index in [1.54, 1.807) is 14.5 Å². The Hall–Kier alpha value is -4.64. The SMILES string of the molecule is C[C@@H](/C=C/CCn1cc(CCO)nn1)[C@]1(O)C(=O)N(Cc2ccc(N3C(=O)c4cccc5cccc3c45)cc2)c2ccc(Br)cc21. The van der Waals surface area contributed by atoms with Gasteiger partial charge in [-0.15, -0.1) is 5.10 Å². The number of halogens is 1. The summed E-state index contributed by atoms with van der Waals surface area (Å²) in [6, 6.07) is 24.9. The van der Waals surface area contributed by atoms with E-state index in [1.807, 2.05) is 104 Å². The first-order valence-corrected chi connectivity index (χ1v) is 16.0. The van der Waals surface area contributed by atoms with Gasteiger partial charge in [-0.2, -0.15) is 0 Å². The molecule has 4 aromatic carbocycles. The van der Waals surface area contributed by atoms with Crippen LogP contribution in [-0.2, 0) is 29.9 Å².